The minimum absolute atomic E-state index is 0.0940. The highest BCUT2D eigenvalue weighted by Crippen LogP contribution is 2.75. The molecule has 1 aliphatic carbocycles. The van der Waals surface area contributed by atoms with Crippen molar-refractivity contribution in [3.05, 3.63) is 93.3 Å². The molecular formula is C37H49FN4O13P2. The average Bonchev–Trinajstić information content (AvgIpc) is 3.56. The minimum atomic E-state index is -4.57. The smallest absolute Gasteiger partial charge is 0.459 e. The fourth-order valence-electron chi connectivity index (χ4n) is 6.65. The van der Waals surface area contributed by atoms with Crippen LogP contribution in [0, 0.1) is 18.3 Å². The molecule has 0 bridgehead atoms. The molecule has 1 saturated carbocycles. The van der Waals surface area contributed by atoms with Crippen LogP contribution in [0.5, 0.6) is 11.5 Å². The lowest BCUT2D eigenvalue weighted by atomic mass is 9.96. The molecule has 5 unspecified atom stereocenters. The number of aromatic nitrogens is 2. The van der Waals surface area contributed by atoms with E-state index in [0.717, 1.165) is 10.8 Å². The largest absolute Gasteiger partial charge is 0.462 e. The van der Waals surface area contributed by atoms with Gasteiger partial charge in [0.05, 0.1) is 36.4 Å². The number of nitrogens with zero attached hydrogens (tertiary/aromatic N) is 1. The van der Waals surface area contributed by atoms with Crippen LogP contribution < -0.4 is 30.5 Å². The first-order valence-corrected chi connectivity index (χ1v) is 21.4. The standard InChI is InChI=1S/C37H49FN4O13P2/c1-22(2)51-33(44)25(6)40-56(47,54-27-15-11-9-12-16-27)49-20-29-36(8)37(29,30(38)32(53-36)42-19-24(5)31(43)39-35(42)46)21-50-57(48,55-28-17-13-10-14-18-28)41-26(7)34(45)52-23(3)4/h9-19,22-23,25-26,29-30,32H,20-21H2,1-8H3,(H,40,47)(H,41,48)(H,39,43,46)/t25-,26-,29-,30?,32+,36?,37?,56?,57?/m0/s1. The van der Waals surface area contributed by atoms with Crippen molar-refractivity contribution in [2.24, 2.45) is 11.3 Å². The van der Waals surface area contributed by atoms with Gasteiger partial charge in [-0.05, 0) is 79.7 Å². The van der Waals surface area contributed by atoms with E-state index in [-0.39, 0.29) is 17.1 Å². The Morgan fingerprint density at radius 1 is 0.842 bits per heavy atom. The van der Waals surface area contributed by atoms with Gasteiger partial charge in [-0.25, -0.2) is 18.3 Å². The van der Waals surface area contributed by atoms with Gasteiger partial charge in [-0.2, -0.15) is 10.2 Å². The molecular weight excluding hydrogens is 789 g/mol. The second-order valence-corrected chi connectivity index (χ2v) is 18.0. The zero-order valence-electron chi connectivity index (χ0n) is 32.8. The van der Waals surface area contributed by atoms with Crippen molar-refractivity contribution >= 4 is 27.4 Å². The second-order valence-electron chi connectivity index (χ2n) is 14.6. The molecule has 3 aromatic rings. The number of aryl methyl sites for hydroxylation is 1. The Morgan fingerprint density at radius 2 is 1.32 bits per heavy atom. The highest BCUT2D eigenvalue weighted by atomic mass is 31.2. The molecule has 2 heterocycles. The first kappa shape index (κ1) is 44.0. The third-order valence-electron chi connectivity index (χ3n) is 9.59. The highest BCUT2D eigenvalue weighted by Gasteiger charge is 2.85. The molecule has 1 saturated heterocycles. The van der Waals surface area contributed by atoms with E-state index in [1.165, 1.54) is 52.0 Å². The number of ether oxygens (including phenoxy) is 3. The van der Waals surface area contributed by atoms with Crippen molar-refractivity contribution in [1.29, 1.82) is 0 Å². The van der Waals surface area contributed by atoms with Crippen LogP contribution in [0.3, 0.4) is 0 Å². The van der Waals surface area contributed by atoms with Crippen molar-refractivity contribution in [2.75, 3.05) is 13.2 Å². The quantitative estimate of drug-likeness (QED) is 0.103. The lowest BCUT2D eigenvalue weighted by Crippen LogP contribution is -2.40. The number of nitrogens with one attached hydrogen (secondary N) is 3. The summed E-state index contributed by atoms with van der Waals surface area (Å²) >= 11 is 0. The Labute approximate surface area is 329 Å². The number of halogens is 1. The van der Waals surface area contributed by atoms with Gasteiger partial charge < -0.3 is 23.3 Å². The fraction of sp³-hybridized carbons (Fsp3) is 0.514. The Balaban J connectivity index is 1.49. The Bertz CT molecular complexity index is 2120. The number of fused-ring (bicyclic) bond motifs is 1. The maximum Gasteiger partial charge on any atom is 0.459 e. The van der Waals surface area contributed by atoms with Gasteiger partial charge in [-0.3, -0.25) is 33.0 Å². The number of alkyl halides is 1. The van der Waals surface area contributed by atoms with Crippen LogP contribution in [0.15, 0.2) is 76.4 Å². The highest BCUT2D eigenvalue weighted by molar-refractivity contribution is 7.52. The van der Waals surface area contributed by atoms with E-state index in [0.29, 0.717) is 0 Å². The monoisotopic (exact) mass is 838 g/mol. The molecule has 0 radical (unpaired) electrons. The summed E-state index contributed by atoms with van der Waals surface area (Å²) in [5.74, 6) is -2.32. The van der Waals surface area contributed by atoms with E-state index in [4.69, 9.17) is 32.3 Å². The number of esters is 2. The lowest BCUT2D eigenvalue weighted by Gasteiger charge is -2.28. The van der Waals surface area contributed by atoms with Gasteiger partial charge in [0.25, 0.3) is 5.56 Å². The van der Waals surface area contributed by atoms with Crippen LogP contribution in [-0.4, -0.2) is 70.8 Å². The molecule has 2 fully saturated rings. The number of H-pyrrole nitrogens is 1. The van der Waals surface area contributed by atoms with Crippen LogP contribution in [0.1, 0.15) is 60.3 Å². The van der Waals surface area contributed by atoms with Gasteiger partial charge in [0, 0.05) is 17.7 Å². The lowest BCUT2D eigenvalue weighted by molar-refractivity contribution is -0.150. The number of para-hydroxylation sites is 2. The predicted octanol–water partition coefficient (Wildman–Crippen LogP) is 5.35. The Kier molecular flexibility index (Phi) is 13.4. The molecule has 312 valence electrons. The molecule has 9 atom stereocenters. The molecule has 2 aromatic carbocycles. The van der Waals surface area contributed by atoms with E-state index in [1.807, 2.05) is 0 Å². The van der Waals surface area contributed by atoms with Crippen molar-refractivity contribution in [2.45, 2.75) is 97.7 Å². The van der Waals surface area contributed by atoms with E-state index >= 15 is 4.39 Å². The number of carbonyl (C=O) groups excluding carboxylic acids is 2. The summed E-state index contributed by atoms with van der Waals surface area (Å²) in [6.45, 7) is 11.1. The van der Waals surface area contributed by atoms with E-state index < -0.39 is 106 Å². The average molecular weight is 839 g/mol. The van der Waals surface area contributed by atoms with Crippen LogP contribution in [-0.2, 0) is 42.0 Å². The number of hydrogen-bond acceptors (Lipinski definition) is 13. The fourth-order valence-corrected chi connectivity index (χ4v) is 9.70. The van der Waals surface area contributed by atoms with Gasteiger partial charge in [-0.15, -0.1) is 0 Å². The van der Waals surface area contributed by atoms with Gasteiger partial charge >= 0.3 is 33.1 Å². The topological polar surface area (TPSA) is 212 Å². The van der Waals surface area contributed by atoms with Crippen molar-refractivity contribution in [3.8, 4) is 11.5 Å². The van der Waals surface area contributed by atoms with Crippen LogP contribution in [0.25, 0.3) is 0 Å². The molecule has 2 aliphatic rings. The number of benzene rings is 2. The molecule has 0 amide bonds. The number of carbonyl (C=O) groups is 2. The third kappa shape index (κ3) is 9.77. The summed E-state index contributed by atoms with van der Waals surface area (Å²) in [4.78, 5) is 52.8. The molecule has 0 spiro atoms. The Hall–Kier alpha value is -4.15. The molecule has 57 heavy (non-hydrogen) atoms. The van der Waals surface area contributed by atoms with Crippen LogP contribution in [0.4, 0.5) is 4.39 Å². The van der Waals surface area contributed by atoms with Crippen molar-refractivity contribution in [3.63, 3.8) is 0 Å². The summed E-state index contributed by atoms with van der Waals surface area (Å²) in [5.41, 5.74) is -4.88. The predicted molar refractivity (Wildman–Crippen MR) is 204 cm³/mol. The third-order valence-corrected chi connectivity index (χ3v) is 12.9. The van der Waals surface area contributed by atoms with E-state index in [9.17, 15) is 28.3 Å². The zero-order valence-corrected chi connectivity index (χ0v) is 34.6. The summed E-state index contributed by atoms with van der Waals surface area (Å²) < 4.78 is 87.4. The first-order valence-electron chi connectivity index (χ1n) is 18.3. The summed E-state index contributed by atoms with van der Waals surface area (Å²) in [6, 6.07) is 13.5. The number of rotatable bonds is 19. The van der Waals surface area contributed by atoms with Gasteiger partial charge in [0.15, 0.2) is 12.4 Å². The summed E-state index contributed by atoms with van der Waals surface area (Å²) in [6.07, 6.45) is -3.55. The summed E-state index contributed by atoms with van der Waals surface area (Å²) in [5, 5.41) is 5.16. The number of aromatic amines is 1. The van der Waals surface area contributed by atoms with Crippen LogP contribution in [0.2, 0.25) is 0 Å². The molecule has 20 heteroatoms. The maximum atomic E-state index is 17.3. The first-order chi connectivity index (χ1) is 26.7. The van der Waals surface area contributed by atoms with Gasteiger partial charge in [0.2, 0.25) is 0 Å². The minimum Gasteiger partial charge on any atom is -0.462 e. The van der Waals surface area contributed by atoms with Crippen LogP contribution >= 0.6 is 15.5 Å². The van der Waals surface area contributed by atoms with Gasteiger partial charge in [0.1, 0.15) is 23.6 Å². The van der Waals surface area contributed by atoms with E-state index in [2.05, 4.69) is 15.2 Å². The van der Waals surface area contributed by atoms with Crippen molar-refractivity contribution < 1.29 is 55.4 Å². The van der Waals surface area contributed by atoms with Gasteiger partial charge in [-0.1, -0.05) is 36.4 Å². The summed E-state index contributed by atoms with van der Waals surface area (Å²) in [7, 11) is -9.04. The molecule has 17 nitrogen and oxygen atoms in total. The SMILES string of the molecule is Cc1cn([C@@H]2OC3(C)[C@H](COP(=O)(N[C@@H](C)C(=O)OC(C)C)Oc4ccccc4)C3(COP(=O)(N[C@@H](C)C(=O)OC(C)C)Oc3ccccc3)C2F)c(=O)[nH]c1=O. The maximum absolute atomic E-state index is 17.3. The number of hydrogen-bond donors (Lipinski definition) is 3. The second kappa shape index (κ2) is 17.4. The molecule has 1 aromatic heterocycles. The van der Waals surface area contributed by atoms with Crippen molar-refractivity contribution in [1.82, 2.24) is 19.7 Å². The van der Waals surface area contributed by atoms with E-state index in [1.54, 1.807) is 64.1 Å². The molecule has 3 N–H and O–H groups in total. The zero-order chi connectivity index (χ0) is 41.9. The molecule has 1 aliphatic heterocycles. The Morgan fingerprint density at radius 3 is 1.79 bits per heavy atom. The normalized spacial score (nSPS) is 25.8. The molecule has 5 rings (SSSR count).